The predicted molar refractivity (Wildman–Crippen MR) is 124 cm³/mol. The highest BCUT2D eigenvalue weighted by Crippen LogP contribution is 2.23. The Morgan fingerprint density at radius 3 is 2.73 bits per heavy atom. The van der Waals surface area contributed by atoms with Crippen LogP contribution in [0.25, 0.3) is 0 Å². The molecule has 0 saturated carbocycles. The summed E-state index contributed by atoms with van der Waals surface area (Å²) in [6, 6.07) is 0.605. The third kappa shape index (κ3) is 7.31. The van der Waals surface area contributed by atoms with E-state index in [0.717, 1.165) is 38.6 Å². The molecule has 1 unspecified atom stereocenters. The summed E-state index contributed by atoms with van der Waals surface area (Å²) < 4.78 is 0. The monoisotopic (exact) mass is 493 g/mol. The maximum absolute atomic E-state index is 4.81. The predicted octanol–water partition coefficient (Wildman–Crippen LogP) is 3.64. The smallest absolute Gasteiger partial charge is 0.191 e. The number of guanidine groups is 1. The molecule has 0 radical (unpaired) electrons. The van der Waals surface area contributed by atoms with E-state index in [1.165, 1.54) is 30.1 Å². The molecule has 0 aromatic carbocycles. The van der Waals surface area contributed by atoms with Gasteiger partial charge in [0, 0.05) is 36.3 Å². The van der Waals surface area contributed by atoms with Crippen LogP contribution in [0.1, 0.15) is 58.2 Å². The quantitative estimate of drug-likeness (QED) is 0.346. The minimum absolute atomic E-state index is 0. The van der Waals surface area contributed by atoms with Crippen molar-refractivity contribution in [1.29, 1.82) is 0 Å². The van der Waals surface area contributed by atoms with Gasteiger partial charge in [0.05, 0.1) is 17.2 Å². The Kier molecular flexibility index (Phi) is 10.4. The number of likely N-dealkylation sites (N-methyl/N-ethyl adjacent to an activating group) is 1. The van der Waals surface area contributed by atoms with Crippen molar-refractivity contribution in [1.82, 2.24) is 20.5 Å². The van der Waals surface area contributed by atoms with Crippen LogP contribution in [0.4, 0.5) is 0 Å². The van der Waals surface area contributed by atoms with Crippen molar-refractivity contribution in [3.8, 4) is 0 Å². The molecule has 1 fully saturated rings. The lowest BCUT2D eigenvalue weighted by atomic mass is 9.93. The zero-order valence-electron chi connectivity index (χ0n) is 17.0. The van der Waals surface area contributed by atoms with Gasteiger partial charge in [-0.15, -0.1) is 35.3 Å². The number of nitrogens with one attached hydrogen (secondary N) is 2. The summed E-state index contributed by atoms with van der Waals surface area (Å²) in [6.45, 7) is 16.0. The minimum Gasteiger partial charge on any atom is -0.357 e. The molecule has 1 aliphatic heterocycles. The normalized spacial score (nSPS) is 18.7. The van der Waals surface area contributed by atoms with Gasteiger partial charge in [-0.25, -0.2) is 4.98 Å². The Morgan fingerprint density at radius 2 is 2.12 bits per heavy atom. The molecule has 2 heterocycles. The molecule has 1 aromatic heterocycles. The summed E-state index contributed by atoms with van der Waals surface area (Å²) >= 11 is 1.76. The van der Waals surface area contributed by atoms with Crippen LogP contribution in [-0.4, -0.2) is 54.6 Å². The van der Waals surface area contributed by atoms with Crippen molar-refractivity contribution in [2.45, 2.75) is 65.3 Å². The standard InChI is InChI=1S/C19H35N5S.HI/c1-6-20-18(22-13-15-9-8-12-24(15)7-2)21-11-10-17-23-16(14-25-17)19(3,4)5;/h14-15H,6-13H2,1-5H3,(H2,20,21,22);1H. The van der Waals surface area contributed by atoms with Crippen molar-refractivity contribution < 1.29 is 0 Å². The molecule has 150 valence electrons. The van der Waals surface area contributed by atoms with Gasteiger partial charge in [0.15, 0.2) is 5.96 Å². The molecule has 2 rings (SSSR count). The summed E-state index contributed by atoms with van der Waals surface area (Å²) in [5.41, 5.74) is 1.32. The van der Waals surface area contributed by atoms with E-state index >= 15 is 0 Å². The maximum atomic E-state index is 4.81. The molecular weight excluding hydrogens is 457 g/mol. The number of nitrogens with zero attached hydrogens (tertiary/aromatic N) is 3. The fourth-order valence-corrected chi connectivity index (χ4v) is 4.14. The number of likely N-dealkylation sites (tertiary alicyclic amines) is 1. The van der Waals surface area contributed by atoms with E-state index in [4.69, 9.17) is 9.98 Å². The Labute approximate surface area is 180 Å². The molecule has 0 bridgehead atoms. The van der Waals surface area contributed by atoms with Crippen LogP contribution < -0.4 is 10.6 Å². The van der Waals surface area contributed by atoms with Gasteiger partial charge in [-0.2, -0.15) is 0 Å². The van der Waals surface area contributed by atoms with Gasteiger partial charge in [-0.3, -0.25) is 9.89 Å². The topological polar surface area (TPSA) is 52.6 Å². The molecule has 0 spiro atoms. The molecule has 26 heavy (non-hydrogen) atoms. The van der Waals surface area contributed by atoms with Gasteiger partial charge in [-0.1, -0.05) is 27.7 Å². The first-order chi connectivity index (χ1) is 11.9. The average molecular weight is 494 g/mol. The first-order valence-electron chi connectivity index (χ1n) is 9.65. The molecule has 2 N–H and O–H groups in total. The number of aromatic nitrogens is 1. The van der Waals surface area contributed by atoms with Crippen LogP contribution in [-0.2, 0) is 11.8 Å². The molecule has 5 nitrogen and oxygen atoms in total. The van der Waals surface area contributed by atoms with Crippen LogP contribution in [0.15, 0.2) is 10.4 Å². The lowest BCUT2D eigenvalue weighted by molar-refractivity contribution is 0.273. The Balaban J connectivity index is 0.00000338. The van der Waals surface area contributed by atoms with Crippen LogP contribution in [0, 0.1) is 0 Å². The van der Waals surface area contributed by atoms with Gasteiger partial charge in [-0.05, 0) is 32.9 Å². The van der Waals surface area contributed by atoms with Gasteiger partial charge < -0.3 is 10.6 Å². The fraction of sp³-hybridized carbons (Fsp3) is 0.789. The number of rotatable bonds is 7. The number of hydrogen-bond donors (Lipinski definition) is 2. The zero-order valence-corrected chi connectivity index (χ0v) is 20.1. The van der Waals surface area contributed by atoms with E-state index in [0.29, 0.717) is 6.04 Å². The van der Waals surface area contributed by atoms with Gasteiger partial charge in [0.25, 0.3) is 0 Å². The molecule has 7 heteroatoms. The van der Waals surface area contributed by atoms with E-state index in [1.54, 1.807) is 11.3 Å². The van der Waals surface area contributed by atoms with E-state index in [9.17, 15) is 0 Å². The zero-order chi connectivity index (χ0) is 18.3. The van der Waals surface area contributed by atoms with Gasteiger partial charge >= 0.3 is 0 Å². The lowest BCUT2D eigenvalue weighted by Crippen LogP contribution is -2.40. The van der Waals surface area contributed by atoms with Crippen LogP contribution in [0.3, 0.4) is 0 Å². The average Bonchev–Trinajstić information content (AvgIpc) is 3.21. The van der Waals surface area contributed by atoms with E-state index < -0.39 is 0 Å². The molecule has 1 atom stereocenters. The van der Waals surface area contributed by atoms with Crippen LogP contribution >= 0.6 is 35.3 Å². The van der Waals surface area contributed by atoms with Crippen molar-refractivity contribution in [2.24, 2.45) is 4.99 Å². The van der Waals surface area contributed by atoms with Crippen molar-refractivity contribution in [2.75, 3.05) is 32.7 Å². The highest BCUT2D eigenvalue weighted by Gasteiger charge is 2.22. The van der Waals surface area contributed by atoms with E-state index in [-0.39, 0.29) is 29.4 Å². The van der Waals surface area contributed by atoms with Crippen molar-refractivity contribution in [3.05, 3.63) is 16.1 Å². The van der Waals surface area contributed by atoms with Crippen molar-refractivity contribution in [3.63, 3.8) is 0 Å². The van der Waals surface area contributed by atoms with Crippen molar-refractivity contribution >= 4 is 41.3 Å². The Morgan fingerprint density at radius 1 is 1.35 bits per heavy atom. The summed E-state index contributed by atoms with van der Waals surface area (Å²) in [5, 5.41) is 10.2. The number of hydrogen-bond acceptors (Lipinski definition) is 4. The molecule has 0 amide bonds. The molecule has 1 aromatic rings. The highest BCUT2D eigenvalue weighted by molar-refractivity contribution is 14.0. The Bertz CT molecular complexity index is 552. The lowest BCUT2D eigenvalue weighted by Gasteiger charge is -2.21. The largest absolute Gasteiger partial charge is 0.357 e. The molecule has 1 aliphatic rings. The number of thiazole rings is 1. The number of aliphatic imine (C=N–C) groups is 1. The summed E-state index contributed by atoms with van der Waals surface area (Å²) in [4.78, 5) is 12.1. The fourth-order valence-electron chi connectivity index (χ4n) is 3.11. The van der Waals surface area contributed by atoms with Crippen LogP contribution in [0.2, 0.25) is 0 Å². The summed E-state index contributed by atoms with van der Waals surface area (Å²) in [5.74, 6) is 0.929. The first kappa shape index (κ1) is 23.6. The van der Waals surface area contributed by atoms with E-state index in [2.05, 4.69) is 55.5 Å². The summed E-state index contributed by atoms with van der Waals surface area (Å²) in [7, 11) is 0. The second-order valence-electron chi connectivity index (χ2n) is 7.70. The van der Waals surface area contributed by atoms with Crippen LogP contribution in [0.5, 0.6) is 0 Å². The Hall–Kier alpha value is -0.410. The highest BCUT2D eigenvalue weighted by atomic mass is 127. The van der Waals surface area contributed by atoms with E-state index in [1.807, 2.05) is 0 Å². The third-order valence-corrected chi connectivity index (χ3v) is 5.57. The first-order valence-corrected chi connectivity index (χ1v) is 10.5. The summed E-state index contributed by atoms with van der Waals surface area (Å²) in [6.07, 6.45) is 3.51. The minimum atomic E-state index is 0. The third-order valence-electron chi connectivity index (χ3n) is 4.66. The molecule has 1 saturated heterocycles. The SMILES string of the molecule is CCNC(=NCC1CCCN1CC)NCCc1nc(C(C)(C)C)cs1.I. The number of halogens is 1. The maximum Gasteiger partial charge on any atom is 0.191 e. The molecular formula is C19H36IN5S. The van der Waals surface area contributed by atoms with Gasteiger partial charge in [0.2, 0.25) is 0 Å². The molecule has 0 aliphatic carbocycles. The second-order valence-corrected chi connectivity index (χ2v) is 8.64. The second kappa shape index (κ2) is 11.4. The van der Waals surface area contributed by atoms with Gasteiger partial charge in [0.1, 0.15) is 0 Å².